The predicted octanol–water partition coefficient (Wildman–Crippen LogP) is -3.32. The van der Waals surface area contributed by atoms with Crippen molar-refractivity contribution in [3.8, 4) is 0 Å². The van der Waals surface area contributed by atoms with Crippen LogP contribution in [-0.4, -0.2) is 66.8 Å². The van der Waals surface area contributed by atoms with E-state index >= 15 is 0 Å². The summed E-state index contributed by atoms with van der Waals surface area (Å²) in [6.45, 7) is -1.03. The van der Waals surface area contributed by atoms with E-state index in [0.29, 0.717) is 0 Å². The third kappa shape index (κ3) is 6.38. The van der Waals surface area contributed by atoms with E-state index in [1.165, 1.54) is 22.7 Å². The Balaban J connectivity index is 1.73. The van der Waals surface area contributed by atoms with Gasteiger partial charge in [0.1, 0.15) is 31.4 Å². The molecule has 2 aromatic heterocycles. The Hall–Kier alpha value is -0.970. The minimum Gasteiger partial charge on any atom is -0.810 e. The number of hydrogen-bond donors (Lipinski definition) is 3. The van der Waals surface area contributed by atoms with Gasteiger partial charge < -0.3 is 53.9 Å². The van der Waals surface area contributed by atoms with Crippen molar-refractivity contribution in [2.45, 2.75) is 29.7 Å². The summed E-state index contributed by atoms with van der Waals surface area (Å²) in [6.07, 6.45) is -3.29. The summed E-state index contributed by atoms with van der Waals surface area (Å²) in [5, 5.41) is 20.9. The number of fused-ring (bicyclic) bond motifs is 1. The molecule has 21 heteroatoms. The third-order valence-electron chi connectivity index (χ3n) is 4.19. The van der Waals surface area contributed by atoms with E-state index in [-0.39, 0.29) is 22.1 Å². The number of aromatic nitrogens is 4. The molecule has 0 aliphatic carbocycles. The van der Waals surface area contributed by atoms with Gasteiger partial charge in [-0.3, -0.25) is 13.4 Å². The average molecular weight is 547 g/mol. The van der Waals surface area contributed by atoms with Crippen molar-refractivity contribution in [2.24, 2.45) is 0 Å². The Morgan fingerprint density at radius 3 is 2.48 bits per heavy atom. The second-order valence-electron chi connectivity index (χ2n) is 6.65. The SMILES string of the molecule is CSc1nc(N)c2ncn([C@@H]3O[C@H](COP(=O)([O-])OP(=O)([O-])CP(=O)([O-])[O-])[C@@H](O)[C@H]3O)c2n1. The van der Waals surface area contributed by atoms with Gasteiger partial charge in [-0.15, -0.1) is 0 Å². The monoisotopic (exact) mass is 547 g/mol. The van der Waals surface area contributed by atoms with E-state index in [1.807, 2.05) is 0 Å². The summed E-state index contributed by atoms with van der Waals surface area (Å²) in [4.78, 5) is 56.5. The van der Waals surface area contributed by atoms with Crippen LogP contribution < -0.4 is 25.3 Å². The van der Waals surface area contributed by atoms with Crippen LogP contribution in [0, 0.1) is 0 Å². The highest BCUT2D eigenvalue weighted by atomic mass is 32.2. The molecule has 4 N–H and O–H groups in total. The molecule has 0 radical (unpaired) electrons. The minimum absolute atomic E-state index is 0.0446. The highest BCUT2D eigenvalue weighted by Crippen LogP contribution is 2.59. The summed E-state index contributed by atoms with van der Waals surface area (Å²) in [7, 11) is -17.0. The molecule has 0 saturated carbocycles. The fourth-order valence-corrected chi connectivity index (χ4v) is 7.34. The van der Waals surface area contributed by atoms with Gasteiger partial charge in [-0.1, -0.05) is 19.4 Å². The molecule has 3 heterocycles. The smallest absolute Gasteiger partial charge is 0.272 e. The van der Waals surface area contributed by atoms with Crippen molar-refractivity contribution in [1.29, 1.82) is 0 Å². The van der Waals surface area contributed by atoms with Crippen molar-refractivity contribution < 1.29 is 57.1 Å². The second kappa shape index (κ2) is 9.59. The highest BCUT2D eigenvalue weighted by molar-refractivity contribution is 7.98. The quantitative estimate of drug-likeness (QED) is 0.157. The number of hydrogen-bond acceptors (Lipinski definition) is 17. The first-order chi connectivity index (χ1) is 15.1. The molecule has 0 bridgehead atoms. The normalized spacial score (nSPS) is 27.5. The van der Waals surface area contributed by atoms with Gasteiger partial charge in [0.15, 0.2) is 22.8 Å². The molecular weight excluding hydrogens is 531 g/mol. The molecule has 1 aliphatic heterocycles. The molecule has 17 nitrogen and oxygen atoms in total. The number of nitrogens with zero attached hydrogens (tertiary/aromatic N) is 4. The van der Waals surface area contributed by atoms with Crippen LogP contribution in [0.25, 0.3) is 11.2 Å². The third-order valence-corrected chi connectivity index (χ3v) is 9.77. The molecular formula is C12H16N5O12P3S-4. The Morgan fingerprint density at radius 1 is 1.21 bits per heavy atom. The molecule has 3 rings (SSSR count). The summed E-state index contributed by atoms with van der Waals surface area (Å²) < 4.78 is 48.4. The first kappa shape index (κ1) is 26.6. The first-order valence-corrected chi connectivity index (χ1v) is 14.8. The zero-order chi connectivity index (χ0) is 24.8. The van der Waals surface area contributed by atoms with Gasteiger partial charge in [0.05, 0.1) is 12.9 Å². The average Bonchev–Trinajstić information content (AvgIpc) is 3.19. The number of aliphatic hydroxyl groups is 2. The number of imidazole rings is 1. The number of nitrogen functional groups attached to an aromatic ring is 1. The van der Waals surface area contributed by atoms with E-state index in [4.69, 9.17) is 10.5 Å². The molecule has 1 aliphatic rings. The molecule has 6 atom stereocenters. The lowest BCUT2D eigenvalue weighted by Gasteiger charge is -2.38. The largest absolute Gasteiger partial charge is 0.810 e. The highest BCUT2D eigenvalue weighted by Gasteiger charge is 2.45. The van der Waals surface area contributed by atoms with E-state index in [9.17, 15) is 43.5 Å². The Morgan fingerprint density at radius 2 is 1.88 bits per heavy atom. The maximum atomic E-state index is 11.7. The van der Waals surface area contributed by atoms with Crippen LogP contribution in [0.5, 0.6) is 0 Å². The fraction of sp³-hybridized carbons (Fsp3) is 0.583. The fourth-order valence-electron chi connectivity index (χ4n) is 2.87. The number of nitrogens with two attached hydrogens (primary N) is 1. The molecule has 0 spiro atoms. The summed E-state index contributed by atoms with van der Waals surface area (Å²) in [6, 6.07) is 0. The summed E-state index contributed by atoms with van der Waals surface area (Å²) in [5.41, 5.74) is 6.14. The maximum absolute atomic E-state index is 11.7. The van der Waals surface area contributed by atoms with Crippen LogP contribution in [-0.2, 0) is 27.3 Å². The topological polar surface area (TPSA) is 281 Å². The van der Waals surface area contributed by atoms with Crippen molar-refractivity contribution in [2.75, 3.05) is 24.5 Å². The van der Waals surface area contributed by atoms with Gasteiger partial charge in [0, 0.05) is 5.90 Å². The number of phosphoric acid groups is 1. The van der Waals surface area contributed by atoms with E-state index in [0.717, 1.165) is 0 Å². The number of rotatable bonds is 9. The van der Waals surface area contributed by atoms with Crippen LogP contribution in [0.1, 0.15) is 6.23 Å². The number of ether oxygens (including phenoxy) is 1. The molecule has 0 amide bonds. The predicted molar refractivity (Wildman–Crippen MR) is 102 cm³/mol. The van der Waals surface area contributed by atoms with Crippen LogP contribution >= 0.6 is 34.8 Å². The second-order valence-corrected chi connectivity index (χ2v) is 12.8. The van der Waals surface area contributed by atoms with Gasteiger partial charge in [0.2, 0.25) is 0 Å². The molecule has 33 heavy (non-hydrogen) atoms. The molecule has 186 valence electrons. The molecule has 2 aromatic rings. The first-order valence-electron chi connectivity index (χ1n) is 8.66. The number of anilines is 1. The maximum Gasteiger partial charge on any atom is 0.272 e. The van der Waals surface area contributed by atoms with Crippen molar-refractivity contribution >= 4 is 51.8 Å². The standard InChI is InChI=1S/C12H20N5O12P3S/c1-33-12-15-9(13)6-10(16-12)17(3-14-6)11-8(19)7(18)5(28-11)2-27-32(25,26)29-31(23,24)4-30(20,21)22/h3,5,7-8,11,18-19H,2,4H2,1H3,(H,23,24)(H,25,26)(H2,13,15,16)(H2,20,21,22)/p-4/t5-,7-,8-,11-/m1/s1. The Kier molecular flexibility index (Phi) is 7.74. The van der Waals surface area contributed by atoms with Crippen LogP contribution in [0.4, 0.5) is 5.82 Å². The molecule has 2 unspecified atom stereocenters. The minimum atomic E-state index is -5.69. The zero-order valence-corrected chi connectivity index (χ0v) is 19.9. The lowest BCUT2D eigenvalue weighted by molar-refractivity contribution is -0.312. The van der Waals surface area contributed by atoms with Gasteiger partial charge >= 0.3 is 0 Å². The lowest BCUT2D eigenvalue weighted by atomic mass is 10.1. The van der Waals surface area contributed by atoms with Gasteiger partial charge in [-0.05, 0) is 6.26 Å². The van der Waals surface area contributed by atoms with Crippen LogP contribution in [0.15, 0.2) is 11.5 Å². The van der Waals surface area contributed by atoms with E-state index in [2.05, 4.69) is 23.8 Å². The zero-order valence-electron chi connectivity index (χ0n) is 16.4. The van der Waals surface area contributed by atoms with E-state index < -0.39 is 60.1 Å². The molecule has 1 fully saturated rings. The summed E-state index contributed by atoms with van der Waals surface area (Å²) in [5.74, 6) is -2.04. The van der Waals surface area contributed by atoms with Gasteiger partial charge in [0.25, 0.3) is 7.82 Å². The van der Waals surface area contributed by atoms with Gasteiger partial charge in [-0.2, -0.15) is 0 Å². The molecule has 0 aromatic carbocycles. The Labute approximate surface area is 189 Å². The summed E-state index contributed by atoms with van der Waals surface area (Å²) >= 11 is 1.17. The lowest BCUT2D eigenvalue weighted by Crippen LogP contribution is -2.34. The number of thioether (sulfide) groups is 1. The van der Waals surface area contributed by atoms with Crippen LogP contribution in [0.2, 0.25) is 0 Å². The van der Waals surface area contributed by atoms with E-state index in [1.54, 1.807) is 6.26 Å². The molecule has 1 saturated heterocycles. The number of aliphatic hydroxyl groups excluding tert-OH is 2. The van der Waals surface area contributed by atoms with Crippen molar-refractivity contribution in [3.63, 3.8) is 0 Å². The number of phosphoric ester groups is 1. The van der Waals surface area contributed by atoms with Crippen molar-refractivity contribution in [3.05, 3.63) is 6.33 Å². The van der Waals surface area contributed by atoms with Gasteiger partial charge in [-0.25, -0.2) is 15.0 Å². The Bertz CT molecular complexity index is 1170. The van der Waals surface area contributed by atoms with Crippen LogP contribution in [0.3, 0.4) is 0 Å². The van der Waals surface area contributed by atoms with Crippen molar-refractivity contribution in [1.82, 2.24) is 19.5 Å².